The molecule has 1 aromatic carbocycles. The number of hydrogen-bond donors (Lipinski definition) is 0. The highest BCUT2D eigenvalue weighted by molar-refractivity contribution is 7.80. The number of amides is 1. The zero-order valence-electron chi connectivity index (χ0n) is 10.2. The number of hydrogen-bond acceptors (Lipinski definition) is 2. The molecule has 18 heavy (non-hydrogen) atoms. The van der Waals surface area contributed by atoms with Crippen LogP contribution >= 0.6 is 12.2 Å². The summed E-state index contributed by atoms with van der Waals surface area (Å²) < 4.78 is 0. The lowest BCUT2D eigenvalue weighted by Crippen LogP contribution is -2.30. The molecule has 1 heterocycles. The Hall–Kier alpha value is -1.48. The topological polar surface area (TPSA) is 20.3 Å². The number of rotatable bonds is 1. The van der Waals surface area contributed by atoms with Crippen LogP contribution in [-0.4, -0.2) is 10.9 Å². The van der Waals surface area contributed by atoms with Crippen LogP contribution in [0.25, 0.3) is 0 Å². The van der Waals surface area contributed by atoms with Crippen molar-refractivity contribution in [3.63, 3.8) is 0 Å². The van der Waals surface area contributed by atoms with Crippen molar-refractivity contribution in [3.05, 3.63) is 42.5 Å². The largest absolute Gasteiger partial charge is 0.274 e. The van der Waals surface area contributed by atoms with Crippen molar-refractivity contribution in [1.82, 2.24) is 0 Å². The molecule has 1 aliphatic heterocycles. The predicted molar refractivity (Wildman–Crippen MR) is 76.4 cm³/mol. The first-order valence-corrected chi connectivity index (χ1v) is 6.70. The first kappa shape index (κ1) is 11.6. The zero-order chi connectivity index (χ0) is 12.7. The molecule has 0 unspecified atom stereocenters. The van der Waals surface area contributed by atoms with E-state index >= 15 is 0 Å². The van der Waals surface area contributed by atoms with Gasteiger partial charge in [-0.3, -0.25) is 9.69 Å². The third-order valence-corrected chi connectivity index (χ3v) is 4.34. The molecule has 0 spiro atoms. The van der Waals surface area contributed by atoms with E-state index in [1.807, 2.05) is 30.3 Å². The summed E-state index contributed by atoms with van der Waals surface area (Å²) in [6.07, 6.45) is 5.10. The minimum atomic E-state index is 0.0395. The maximum absolute atomic E-state index is 12.5. The van der Waals surface area contributed by atoms with Gasteiger partial charge in [0, 0.05) is 11.6 Å². The molecule has 1 saturated heterocycles. The van der Waals surface area contributed by atoms with E-state index in [9.17, 15) is 4.79 Å². The minimum Gasteiger partial charge on any atom is -0.274 e. The van der Waals surface area contributed by atoms with E-state index in [2.05, 4.69) is 19.1 Å². The highest BCUT2D eigenvalue weighted by atomic mass is 32.1. The molecule has 0 radical (unpaired) electrons. The van der Waals surface area contributed by atoms with Crippen LogP contribution in [0, 0.1) is 17.8 Å². The average molecular weight is 257 g/mol. The Morgan fingerprint density at radius 1 is 1.28 bits per heavy atom. The number of allylic oxidation sites excluding steroid dienone is 2. The van der Waals surface area contributed by atoms with Crippen LogP contribution in [0.4, 0.5) is 5.69 Å². The molecule has 1 amide bonds. The fraction of sp³-hybridized carbons (Fsp3) is 0.333. The Kier molecular flexibility index (Phi) is 2.78. The highest BCUT2D eigenvalue weighted by Crippen LogP contribution is 2.40. The van der Waals surface area contributed by atoms with Gasteiger partial charge in [0.1, 0.15) is 0 Å². The van der Waals surface area contributed by atoms with Crippen LogP contribution in [0.5, 0.6) is 0 Å². The van der Waals surface area contributed by atoms with Gasteiger partial charge in [-0.1, -0.05) is 49.5 Å². The predicted octanol–water partition coefficient (Wildman–Crippen LogP) is 3.19. The first-order valence-electron chi connectivity index (χ1n) is 6.29. The summed E-state index contributed by atoms with van der Waals surface area (Å²) in [4.78, 5) is 15.0. The van der Waals surface area contributed by atoms with Gasteiger partial charge in [-0.15, -0.1) is 0 Å². The van der Waals surface area contributed by atoms with E-state index in [0.29, 0.717) is 5.92 Å². The Balaban J connectivity index is 2.00. The molecular formula is C15H15NOS. The van der Waals surface area contributed by atoms with Crippen LogP contribution in [0.15, 0.2) is 42.5 Å². The van der Waals surface area contributed by atoms with Gasteiger partial charge in [0.05, 0.1) is 10.9 Å². The number of fused-ring (bicyclic) bond motifs is 1. The summed E-state index contributed by atoms with van der Waals surface area (Å²) >= 11 is 5.55. The number of para-hydroxylation sites is 1. The number of carbonyl (C=O) groups is 1. The smallest absolute Gasteiger partial charge is 0.236 e. The van der Waals surface area contributed by atoms with Crippen LogP contribution in [0.2, 0.25) is 0 Å². The maximum atomic E-state index is 12.5. The molecule has 1 aliphatic carbocycles. The molecule has 92 valence electrons. The number of benzene rings is 1. The fourth-order valence-electron chi connectivity index (χ4n) is 2.98. The van der Waals surface area contributed by atoms with Gasteiger partial charge >= 0.3 is 0 Å². The summed E-state index contributed by atoms with van der Waals surface area (Å²) in [6.45, 7) is 2.14. The second-order valence-electron chi connectivity index (χ2n) is 5.00. The Morgan fingerprint density at radius 2 is 2.00 bits per heavy atom. The Bertz CT molecular complexity index is 523. The molecule has 2 nitrogen and oxygen atoms in total. The molecule has 1 fully saturated rings. The standard InChI is InChI=1S/C15H15NOS/c1-10-6-5-9-12-13(10)15(18)16(14(12)17)11-7-3-2-4-8-11/h2-8,10,12-13H,9H2,1H3/t10-,12+,13-/m0/s1. The first-order chi connectivity index (χ1) is 8.70. The van der Waals surface area contributed by atoms with Crippen molar-refractivity contribution in [3.8, 4) is 0 Å². The summed E-state index contributed by atoms with van der Waals surface area (Å²) in [7, 11) is 0. The number of nitrogens with zero attached hydrogens (tertiary/aromatic N) is 1. The van der Waals surface area contributed by atoms with Gasteiger partial charge in [0.15, 0.2) is 0 Å². The minimum absolute atomic E-state index is 0.0395. The van der Waals surface area contributed by atoms with Crippen molar-refractivity contribution in [2.75, 3.05) is 4.90 Å². The number of anilines is 1. The Morgan fingerprint density at radius 3 is 2.67 bits per heavy atom. The van der Waals surface area contributed by atoms with Gasteiger partial charge in [0.25, 0.3) is 0 Å². The molecule has 0 N–H and O–H groups in total. The SMILES string of the molecule is C[C@H]1C=CC[C@H]2C(=O)N(c3ccccc3)C(=S)[C@@H]12. The summed E-state index contributed by atoms with van der Waals surface area (Å²) in [5.41, 5.74) is 0.897. The molecule has 2 aliphatic rings. The molecule has 1 aromatic rings. The lowest BCUT2D eigenvalue weighted by molar-refractivity contribution is -0.121. The molecule has 3 heteroatoms. The van der Waals surface area contributed by atoms with Gasteiger partial charge in [-0.2, -0.15) is 0 Å². The lowest BCUT2D eigenvalue weighted by atomic mass is 9.79. The summed E-state index contributed by atoms with van der Waals surface area (Å²) in [6, 6.07) is 9.72. The average Bonchev–Trinajstić information content (AvgIpc) is 2.64. The Labute approximate surface area is 112 Å². The van der Waals surface area contributed by atoms with Crippen LogP contribution in [-0.2, 0) is 4.79 Å². The third kappa shape index (κ3) is 1.62. The molecule has 3 atom stereocenters. The van der Waals surface area contributed by atoms with E-state index in [1.165, 1.54) is 0 Å². The monoisotopic (exact) mass is 257 g/mol. The molecule has 0 saturated carbocycles. The van der Waals surface area contributed by atoms with Crippen molar-refractivity contribution >= 4 is 28.8 Å². The molecule has 0 aromatic heterocycles. The highest BCUT2D eigenvalue weighted by Gasteiger charge is 2.47. The number of carbonyl (C=O) groups excluding carboxylic acids is 1. The summed E-state index contributed by atoms with van der Waals surface area (Å²) in [5, 5.41) is 0. The van der Waals surface area contributed by atoms with Crippen molar-refractivity contribution in [2.45, 2.75) is 13.3 Å². The quantitative estimate of drug-likeness (QED) is 0.569. The second-order valence-corrected chi connectivity index (χ2v) is 5.42. The van der Waals surface area contributed by atoms with E-state index in [0.717, 1.165) is 17.1 Å². The van der Waals surface area contributed by atoms with E-state index in [-0.39, 0.29) is 17.7 Å². The van der Waals surface area contributed by atoms with Gasteiger partial charge in [0.2, 0.25) is 5.91 Å². The lowest BCUT2D eigenvalue weighted by Gasteiger charge is -2.24. The van der Waals surface area contributed by atoms with Crippen molar-refractivity contribution in [2.24, 2.45) is 17.8 Å². The molecule has 3 rings (SSSR count). The molecular weight excluding hydrogens is 242 g/mol. The van der Waals surface area contributed by atoms with E-state index < -0.39 is 0 Å². The molecule has 0 bridgehead atoms. The van der Waals surface area contributed by atoms with Crippen molar-refractivity contribution in [1.29, 1.82) is 0 Å². The van der Waals surface area contributed by atoms with Gasteiger partial charge < -0.3 is 0 Å². The normalized spacial score (nSPS) is 30.7. The van der Waals surface area contributed by atoms with Crippen LogP contribution in [0.1, 0.15) is 13.3 Å². The van der Waals surface area contributed by atoms with Crippen molar-refractivity contribution < 1.29 is 4.79 Å². The van der Waals surface area contributed by atoms with Gasteiger partial charge in [-0.25, -0.2) is 0 Å². The fourth-order valence-corrected chi connectivity index (χ4v) is 3.55. The van der Waals surface area contributed by atoms with Crippen LogP contribution < -0.4 is 4.90 Å². The number of thiocarbonyl (C=S) groups is 1. The maximum Gasteiger partial charge on any atom is 0.236 e. The zero-order valence-corrected chi connectivity index (χ0v) is 11.1. The van der Waals surface area contributed by atoms with Gasteiger partial charge in [-0.05, 0) is 24.5 Å². The second kappa shape index (κ2) is 4.32. The summed E-state index contributed by atoms with van der Waals surface area (Å²) in [5.74, 6) is 0.747. The van der Waals surface area contributed by atoms with E-state index in [4.69, 9.17) is 12.2 Å². The van der Waals surface area contributed by atoms with Crippen LogP contribution in [0.3, 0.4) is 0 Å². The third-order valence-electron chi connectivity index (χ3n) is 3.89. The van der Waals surface area contributed by atoms with E-state index in [1.54, 1.807) is 4.90 Å².